The predicted molar refractivity (Wildman–Crippen MR) is 117 cm³/mol. The van der Waals surface area contributed by atoms with E-state index >= 15 is 0 Å². The number of hydrogen-bond donors (Lipinski definition) is 1. The van der Waals surface area contributed by atoms with Gasteiger partial charge in [-0.3, -0.25) is 14.7 Å². The molecule has 32 heavy (non-hydrogen) atoms. The molecule has 2 aromatic rings. The minimum absolute atomic E-state index is 0.0532. The third-order valence-corrected chi connectivity index (χ3v) is 6.81. The van der Waals surface area contributed by atoms with Crippen molar-refractivity contribution in [3.8, 4) is 11.5 Å². The third-order valence-electron chi connectivity index (χ3n) is 6.81. The maximum absolute atomic E-state index is 13.2. The largest absolute Gasteiger partial charge is 0.497 e. The standard InChI is InChI=1S/C23H29N5O4/c1-31-17-5-6-19(32-2)18(12-17)28-13-16(11-20(28)29)23(30)27-9-7-15(8-10-27)22-24-21(25-26-22)14-3-4-14/h5-6,12,14-16H,3-4,7-11,13H2,1-2H3,(H,24,25,26). The summed E-state index contributed by atoms with van der Waals surface area (Å²) in [5.74, 6) is 3.60. The topological polar surface area (TPSA) is 101 Å². The lowest BCUT2D eigenvalue weighted by Gasteiger charge is -2.32. The van der Waals surface area contributed by atoms with Crippen LogP contribution in [0.4, 0.5) is 5.69 Å². The number of likely N-dealkylation sites (tertiary alicyclic amines) is 1. The molecule has 1 unspecified atom stereocenters. The molecule has 1 N–H and O–H groups in total. The molecule has 3 fully saturated rings. The molecule has 1 atom stereocenters. The minimum atomic E-state index is -0.346. The summed E-state index contributed by atoms with van der Waals surface area (Å²) in [4.78, 5) is 34.2. The molecule has 9 nitrogen and oxygen atoms in total. The second kappa shape index (κ2) is 8.44. The van der Waals surface area contributed by atoms with E-state index in [-0.39, 0.29) is 24.2 Å². The van der Waals surface area contributed by atoms with Crippen LogP contribution in [0.15, 0.2) is 18.2 Å². The number of hydrogen-bond acceptors (Lipinski definition) is 6. The van der Waals surface area contributed by atoms with Gasteiger partial charge in [0.15, 0.2) is 5.82 Å². The number of aromatic amines is 1. The lowest BCUT2D eigenvalue weighted by atomic mass is 9.95. The summed E-state index contributed by atoms with van der Waals surface area (Å²) >= 11 is 0. The molecule has 9 heteroatoms. The number of anilines is 1. The fourth-order valence-electron chi connectivity index (χ4n) is 4.74. The highest BCUT2D eigenvalue weighted by Gasteiger charge is 2.39. The summed E-state index contributed by atoms with van der Waals surface area (Å²) in [6.07, 6.45) is 4.30. The lowest BCUT2D eigenvalue weighted by molar-refractivity contribution is -0.136. The Morgan fingerprint density at radius 1 is 1.09 bits per heavy atom. The van der Waals surface area contributed by atoms with Crippen molar-refractivity contribution in [2.75, 3.05) is 38.8 Å². The summed E-state index contributed by atoms with van der Waals surface area (Å²) in [7, 11) is 3.15. The van der Waals surface area contributed by atoms with Crippen molar-refractivity contribution in [1.82, 2.24) is 20.1 Å². The van der Waals surface area contributed by atoms with Gasteiger partial charge in [-0.25, -0.2) is 4.98 Å². The minimum Gasteiger partial charge on any atom is -0.497 e. The van der Waals surface area contributed by atoms with Crippen LogP contribution in [0.5, 0.6) is 11.5 Å². The number of carbonyl (C=O) groups is 2. The van der Waals surface area contributed by atoms with Crippen molar-refractivity contribution >= 4 is 17.5 Å². The number of ether oxygens (including phenoxy) is 2. The van der Waals surface area contributed by atoms with Crippen LogP contribution >= 0.6 is 0 Å². The fourth-order valence-corrected chi connectivity index (χ4v) is 4.74. The Morgan fingerprint density at radius 2 is 1.88 bits per heavy atom. The number of aromatic nitrogens is 3. The van der Waals surface area contributed by atoms with Gasteiger partial charge in [0, 0.05) is 44.0 Å². The van der Waals surface area contributed by atoms with Crippen LogP contribution in [0, 0.1) is 5.92 Å². The molecule has 0 spiro atoms. The van der Waals surface area contributed by atoms with E-state index in [1.54, 1.807) is 37.3 Å². The Labute approximate surface area is 187 Å². The smallest absolute Gasteiger partial charge is 0.228 e. The molecular formula is C23H29N5O4. The van der Waals surface area contributed by atoms with Gasteiger partial charge < -0.3 is 19.3 Å². The van der Waals surface area contributed by atoms with Gasteiger partial charge in [0.1, 0.15) is 17.3 Å². The maximum atomic E-state index is 13.2. The van der Waals surface area contributed by atoms with Crippen LogP contribution < -0.4 is 14.4 Å². The maximum Gasteiger partial charge on any atom is 0.228 e. The first-order valence-electron chi connectivity index (χ1n) is 11.3. The van der Waals surface area contributed by atoms with Gasteiger partial charge in [-0.1, -0.05) is 0 Å². The Bertz CT molecular complexity index is 1010. The fraction of sp³-hybridized carbons (Fsp3) is 0.565. The number of amides is 2. The van der Waals surface area contributed by atoms with Crippen LogP contribution in [0.1, 0.15) is 55.6 Å². The van der Waals surface area contributed by atoms with Gasteiger partial charge in [0.25, 0.3) is 0 Å². The molecule has 2 amide bonds. The first kappa shape index (κ1) is 20.8. The molecule has 2 aliphatic heterocycles. The molecule has 1 aliphatic carbocycles. The van der Waals surface area contributed by atoms with Crippen LogP contribution in [-0.4, -0.2) is 65.7 Å². The molecule has 1 aromatic heterocycles. The zero-order valence-electron chi connectivity index (χ0n) is 18.5. The van der Waals surface area contributed by atoms with Crippen molar-refractivity contribution in [2.24, 2.45) is 5.92 Å². The van der Waals surface area contributed by atoms with Gasteiger partial charge in [-0.15, -0.1) is 0 Å². The summed E-state index contributed by atoms with van der Waals surface area (Å²) < 4.78 is 10.7. The van der Waals surface area contributed by atoms with E-state index in [2.05, 4.69) is 15.2 Å². The van der Waals surface area contributed by atoms with Crippen LogP contribution in [0.3, 0.4) is 0 Å². The second-order valence-electron chi connectivity index (χ2n) is 8.90. The Kier molecular flexibility index (Phi) is 5.48. The van der Waals surface area contributed by atoms with E-state index in [0.717, 1.165) is 24.5 Å². The van der Waals surface area contributed by atoms with E-state index in [1.807, 2.05) is 4.90 Å². The number of H-pyrrole nitrogens is 1. The van der Waals surface area contributed by atoms with Crippen molar-refractivity contribution in [3.63, 3.8) is 0 Å². The number of piperidine rings is 1. The van der Waals surface area contributed by atoms with Gasteiger partial charge >= 0.3 is 0 Å². The molecule has 2 saturated heterocycles. The third kappa shape index (κ3) is 3.91. The molecule has 5 rings (SSSR count). The number of benzene rings is 1. The van der Waals surface area contributed by atoms with Crippen molar-refractivity contribution in [2.45, 2.75) is 43.9 Å². The van der Waals surface area contributed by atoms with E-state index < -0.39 is 0 Å². The molecule has 1 saturated carbocycles. The number of carbonyl (C=O) groups excluding carboxylic acids is 2. The molecule has 1 aromatic carbocycles. The molecule has 3 heterocycles. The van der Waals surface area contributed by atoms with Gasteiger partial charge in [-0.05, 0) is 37.8 Å². The number of nitrogens with one attached hydrogen (secondary N) is 1. The monoisotopic (exact) mass is 439 g/mol. The Morgan fingerprint density at radius 3 is 2.56 bits per heavy atom. The highest BCUT2D eigenvalue weighted by atomic mass is 16.5. The zero-order valence-corrected chi connectivity index (χ0v) is 18.5. The SMILES string of the molecule is COc1ccc(OC)c(N2CC(C(=O)N3CCC(c4nc(C5CC5)n[nH]4)CC3)CC2=O)c1. The van der Waals surface area contributed by atoms with Crippen molar-refractivity contribution in [1.29, 1.82) is 0 Å². The van der Waals surface area contributed by atoms with Crippen LogP contribution in [-0.2, 0) is 9.59 Å². The van der Waals surface area contributed by atoms with Crippen LogP contribution in [0.2, 0.25) is 0 Å². The zero-order chi connectivity index (χ0) is 22.2. The summed E-state index contributed by atoms with van der Waals surface area (Å²) in [5, 5.41) is 7.47. The van der Waals surface area contributed by atoms with Gasteiger partial charge in [0.05, 0.1) is 25.8 Å². The second-order valence-corrected chi connectivity index (χ2v) is 8.90. The average Bonchev–Trinajstić information content (AvgIpc) is 3.43. The molecular weight excluding hydrogens is 410 g/mol. The number of nitrogens with zero attached hydrogens (tertiary/aromatic N) is 4. The van der Waals surface area contributed by atoms with Crippen molar-refractivity contribution in [3.05, 3.63) is 29.8 Å². The highest BCUT2D eigenvalue weighted by Crippen LogP contribution is 2.39. The summed E-state index contributed by atoms with van der Waals surface area (Å²) in [6, 6.07) is 5.35. The van der Waals surface area contributed by atoms with Gasteiger partial charge in [0.2, 0.25) is 11.8 Å². The molecule has 0 bridgehead atoms. The van der Waals surface area contributed by atoms with E-state index in [4.69, 9.17) is 9.47 Å². The van der Waals surface area contributed by atoms with E-state index in [1.165, 1.54) is 12.8 Å². The quantitative estimate of drug-likeness (QED) is 0.742. The first-order chi connectivity index (χ1) is 15.6. The van der Waals surface area contributed by atoms with Gasteiger partial charge in [-0.2, -0.15) is 5.10 Å². The van der Waals surface area contributed by atoms with E-state index in [0.29, 0.717) is 48.7 Å². The summed E-state index contributed by atoms with van der Waals surface area (Å²) in [6.45, 7) is 1.71. The molecule has 3 aliphatic rings. The number of methoxy groups -OCH3 is 2. The number of rotatable bonds is 6. The predicted octanol–water partition coefficient (Wildman–Crippen LogP) is 2.46. The van der Waals surface area contributed by atoms with E-state index in [9.17, 15) is 9.59 Å². The summed E-state index contributed by atoms with van der Waals surface area (Å²) in [5.41, 5.74) is 0.641. The van der Waals surface area contributed by atoms with Crippen molar-refractivity contribution < 1.29 is 19.1 Å². The normalized spacial score (nSPS) is 21.8. The van der Waals surface area contributed by atoms with Crippen LogP contribution in [0.25, 0.3) is 0 Å². The Balaban J connectivity index is 1.22. The Hall–Kier alpha value is -3.10. The first-order valence-corrected chi connectivity index (χ1v) is 11.3. The highest BCUT2D eigenvalue weighted by molar-refractivity contribution is 6.01. The molecule has 0 radical (unpaired) electrons. The average molecular weight is 440 g/mol. The molecule has 170 valence electrons. The lowest BCUT2D eigenvalue weighted by Crippen LogP contribution is -2.42.